The Kier molecular flexibility index (Phi) is 8.66. The predicted octanol–water partition coefficient (Wildman–Crippen LogP) is 3.46. The molecule has 0 radical (unpaired) electrons. The second kappa shape index (κ2) is 10.2. The van der Waals surface area contributed by atoms with Gasteiger partial charge in [0.05, 0.1) is 23.1 Å². The lowest BCUT2D eigenvalue weighted by Gasteiger charge is -2.13. The molecule has 0 aliphatic heterocycles. The highest BCUT2D eigenvalue weighted by Gasteiger charge is 2.20. The Morgan fingerprint density at radius 3 is 2.44 bits per heavy atom. The molecule has 1 amide bonds. The summed E-state index contributed by atoms with van der Waals surface area (Å²) in [4.78, 5) is 12.5. The fraction of sp³-hybridized carbons (Fsp3) is 0.474. The van der Waals surface area contributed by atoms with Gasteiger partial charge in [0.1, 0.15) is 0 Å². The highest BCUT2D eigenvalue weighted by atomic mass is 35.5. The topological polar surface area (TPSA) is 58.9 Å². The fourth-order valence-corrected chi connectivity index (χ4v) is 2.64. The first kappa shape index (κ1) is 21.2. The number of halogens is 1. The van der Waals surface area contributed by atoms with Gasteiger partial charge < -0.3 is 10.6 Å². The first-order chi connectivity index (χ1) is 11.5. The summed E-state index contributed by atoms with van der Waals surface area (Å²) in [5, 5.41) is 10.7. The molecule has 138 valence electrons. The van der Waals surface area contributed by atoms with Crippen LogP contribution in [0.3, 0.4) is 0 Å². The zero-order valence-electron chi connectivity index (χ0n) is 15.5. The van der Waals surface area contributed by atoms with Gasteiger partial charge in [0.25, 0.3) is 5.91 Å². The van der Waals surface area contributed by atoms with Gasteiger partial charge in [0, 0.05) is 13.1 Å². The van der Waals surface area contributed by atoms with Gasteiger partial charge in [-0.3, -0.25) is 4.79 Å². The second-order valence-corrected chi connectivity index (χ2v) is 6.35. The molecule has 5 nitrogen and oxygen atoms in total. The number of benzene rings is 1. The second-order valence-electron chi connectivity index (χ2n) is 6.35. The van der Waals surface area contributed by atoms with Gasteiger partial charge in [-0.25, -0.2) is 4.68 Å². The van der Waals surface area contributed by atoms with Gasteiger partial charge in [-0.1, -0.05) is 38.5 Å². The average molecular weight is 365 g/mol. The van der Waals surface area contributed by atoms with Crippen LogP contribution in [0.25, 0.3) is 5.69 Å². The summed E-state index contributed by atoms with van der Waals surface area (Å²) in [7, 11) is 0. The normalized spacial score (nSPS) is 10.6. The number of nitrogens with zero attached hydrogens (tertiary/aromatic N) is 2. The molecule has 2 aromatic rings. The molecule has 0 bridgehead atoms. The lowest BCUT2D eigenvalue weighted by atomic mass is 10.0. The van der Waals surface area contributed by atoms with E-state index in [1.54, 1.807) is 6.20 Å². The number of aromatic nitrogens is 2. The number of hydrogen-bond donors (Lipinski definition) is 2. The molecule has 0 aliphatic rings. The SMILES string of the molecule is CCCNCCNC(=O)c1cnn(-c2ccc(C)cc2)c1C(C)C.Cl. The monoisotopic (exact) mass is 364 g/mol. The van der Waals surface area contributed by atoms with Crippen LogP contribution in [-0.2, 0) is 0 Å². The molecular formula is C19H29ClN4O. The standard InChI is InChI=1S/C19H28N4O.ClH/c1-5-10-20-11-12-21-19(24)17-13-22-23(18(17)14(2)3)16-8-6-15(4)7-9-16;/h6-9,13-14,20H,5,10-12H2,1-4H3,(H,21,24);1H. The van der Waals surface area contributed by atoms with Crippen molar-refractivity contribution >= 4 is 18.3 Å². The third kappa shape index (κ3) is 5.58. The van der Waals surface area contributed by atoms with Gasteiger partial charge in [-0.2, -0.15) is 5.10 Å². The number of carbonyl (C=O) groups is 1. The van der Waals surface area contributed by atoms with E-state index < -0.39 is 0 Å². The Bertz CT molecular complexity index is 665. The van der Waals surface area contributed by atoms with Crippen LogP contribution in [0.15, 0.2) is 30.5 Å². The van der Waals surface area contributed by atoms with Crippen molar-refractivity contribution in [2.45, 2.75) is 40.0 Å². The fourth-order valence-electron chi connectivity index (χ4n) is 2.64. The molecule has 1 aromatic carbocycles. The Labute approximate surface area is 156 Å². The zero-order chi connectivity index (χ0) is 17.5. The van der Waals surface area contributed by atoms with E-state index in [0.717, 1.165) is 30.9 Å². The minimum Gasteiger partial charge on any atom is -0.351 e. The van der Waals surface area contributed by atoms with Crippen LogP contribution in [0.2, 0.25) is 0 Å². The molecule has 0 fully saturated rings. The van der Waals surface area contributed by atoms with Gasteiger partial charge in [0.2, 0.25) is 0 Å². The zero-order valence-corrected chi connectivity index (χ0v) is 16.3. The molecule has 2 N–H and O–H groups in total. The molecule has 0 aliphatic carbocycles. The van der Waals surface area contributed by atoms with E-state index in [1.807, 2.05) is 16.8 Å². The molecule has 6 heteroatoms. The Morgan fingerprint density at radius 1 is 1.16 bits per heavy atom. The summed E-state index contributed by atoms with van der Waals surface area (Å²) in [6.45, 7) is 10.7. The summed E-state index contributed by atoms with van der Waals surface area (Å²) in [5.41, 5.74) is 3.78. The molecule has 25 heavy (non-hydrogen) atoms. The molecule has 0 saturated heterocycles. The maximum absolute atomic E-state index is 12.5. The first-order valence-electron chi connectivity index (χ1n) is 8.68. The Morgan fingerprint density at radius 2 is 1.84 bits per heavy atom. The van der Waals surface area contributed by atoms with Crippen molar-refractivity contribution in [2.75, 3.05) is 19.6 Å². The van der Waals surface area contributed by atoms with E-state index in [0.29, 0.717) is 12.1 Å². The quantitative estimate of drug-likeness (QED) is 0.705. The number of hydrogen-bond acceptors (Lipinski definition) is 3. The molecule has 0 atom stereocenters. The van der Waals surface area contributed by atoms with Crippen molar-refractivity contribution in [3.05, 3.63) is 47.3 Å². The van der Waals surface area contributed by atoms with E-state index in [9.17, 15) is 4.79 Å². The third-order valence-corrected chi connectivity index (χ3v) is 3.89. The molecule has 0 saturated carbocycles. The minimum atomic E-state index is -0.0599. The van der Waals surface area contributed by atoms with Crippen LogP contribution in [-0.4, -0.2) is 35.3 Å². The molecule has 2 rings (SSSR count). The van der Waals surface area contributed by atoms with Gasteiger partial charge in [-0.05, 0) is 37.9 Å². The molecule has 0 spiro atoms. The average Bonchev–Trinajstić information content (AvgIpc) is 3.00. The maximum Gasteiger partial charge on any atom is 0.254 e. The van der Waals surface area contributed by atoms with Crippen LogP contribution in [0.1, 0.15) is 54.7 Å². The number of rotatable bonds is 8. The number of nitrogens with one attached hydrogen (secondary N) is 2. The highest BCUT2D eigenvalue weighted by molar-refractivity contribution is 5.95. The van der Waals surface area contributed by atoms with E-state index in [2.05, 4.69) is 55.6 Å². The lowest BCUT2D eigenvalue weighted by Crippen LogP contribution is -2.32. The minimum absolute atomic E-state index is 0. The van der Waals surface area contributed by atoms with E-state index in [-0.39, 0.29) is 24.2 Å². The summed E-state index contributed by atoms with van der Waals surface area (Å²) in [5.74, 6) is 0.142. The molecular weight excluding hydrogens is 336 g/mol. The summed E-state index contributed by atoms with van der Waals surface area (Å²) in [6.07, 6.45) is 2.76. The van der Waals surface area contributed by atoms with E-state index >= 15 is 0 Å². The van der Waals surface area contributed by atoms with Crippen molar-refractivity contribution < 1.29 is 4.79 Å². The highest BCUT2D eigenvalue weighted by Crippen LogP contribution is 2.23. The van der Waals surface area contributed by atoms with Gasteiger partial charge >= 0.3 is 0 Å². The summed E-state index contributed by atoms with van der Waals surface area (Å²) < 4.78 is 1.87. The number of aryl methyl sites for hydroxylation is 1. The van der Waals surface area contributed by atoms with Crippen LogP contribution in [0, 0.1) is 6.92 Å². The van der Waals surface area contributed by atoms with E-state index in [1.165, 1.54) is 5.56 Å². The van der Waals surface area contributed by atoms with E-state index in [4.69, 9.17) is 0 Å². The molecule has 1 aromatic heterocycles. The van der Waals surface area contributed by atoms with Crippen molar-refractivity contribution in [3.63, 3.8) is 0 Å². The number of carbonyl (C=O) groups excluding carboxylic acids is 1. The molecule has 1 heterocycles. The van der Waals surface area contributed by atoms with Crippen LogP contribution in [0.5, 0.6) is 0 Å². The predicted molar refractivity (Wildman–Crippen MR) is 105 cm³/mol. The smallest absolute Gasteiger partial charge is 0.254 e. The van der Waals surface area contributed by atoms with Crippen molar-refractivity contribution in [1.29, 1.82) is 0 Å². The maximum atomic E-state index is 12.5. The Balaban J connectivity index is 0.00000312. The van der Waals surface area contributed by atoms with Crippen molar-refractivity contribution in [1.82, 2.24) is 20.4 Å². The van der Waals surface area contributed by atoms with Crippen molar-refractivity contribution in [2.24, 2.45) is 0 Å². The van der Waals surface area contributed by atoms with Crippen LogP contribution in [0.4, 0.5) is 0 Å². The van der Waals surface area contributed by atoms with Crippen LogP contribution >= 0.6 is 12.4 Å². The molecule has 0 unspecified atom stereocenters. The summed E-state index contributed by atoms with van der Waals surface area (Å²) >= 11 is 0. The van der Waals surface area contributed by atoms with Gasteiger partial charge in [0.15, 0.2) is 0 Å². The first-order valence-corrected chi connectivity index (χ1v) is 8.68. The largest absolute Gasteiger partial charge is 0.351 e. The Hall–Kier alpha value is -1.85. The third-order valence-electron chi connectivity index (χ3n) is 3.89. The summed E-state index contributed by atoms with van der Waals surface area (Å²) in [6, 6.07) is 8.18. The van der Waals surface area contributed by atoms with Crippen LogP contribution < -0.4 is 10.6 Å². The lowest BCUT2D eigenvalue weighted by molar-refractivity contribution is 0.0952. The van der Waals surface area contributed by atoms with Gasteiger partial charge in [-0.15, -0.1) is 12.4 Å². The number of amides is 1. The van der Waals surface area contributed by atoms with Crippen molar-refractivity contribution in [3.8, 4) is 5.69 Å².